The van der Waals surface area contributed by atoms with Gasteiger partial charge in [-0.3, -0.25) is 10.4 Å². The average Bonchev–Trinajstić information content (AvgIpc) is 3.16. The van der Waals surface area contributed by atoms with E-state index < -0.39 is 22.1 Å². The van der Waals surface area contributed by atoms with Crippen LogP contribution in [0, 0.1) is 0 Å². The lowest BCUT2D eigenvalue weighted by molar-refractivity contribution is 0.225. The van der Waals surface area contributed by atoms with Crippen LogP contribution in [0.1, 0.15) is 24.1 Å². The highest BCUT2D eigenvalue weighted by molar-refractivity contribution is 7.89. The second-order valence-corrected chi connectivity index (χ2v) is 9.76. The number of anilines is 4. The SMILES string of the molecule is CCS(=O)(=O)NCc1ccc(Nc2c(NC(=O)NC(CO)c3ccccc3)n[nH]c2N)cc1Cl. The smallest absolute Gasteiger partial charge is 0.321 e. The number of aromatic nitrogens is 2. The number of sulfonamides is 1. The number of hydrogen-bond acceptors (Lipinski definition) is 7. The molecule has 0 saturated heterocycles. The van der Waals surface area contributed by atoms with E-state index in [1.807, 2.05) is 18.2 Å². The standard InChI is InChI=1S/C21H26ClN7O4S/c1-2-34(32,33)24-11-14-8-9-15(10-16(14)22)25-18-19(23)28-29-20(18)27-21(31)26-17(12-30)13-6-4-3-5-7-13/h3-10,17,24-25,30H,2,11-12H2,1H3,(H5,23,26,27,28,29,31). The third kappa shape index (κ3) is 6.60. The maximum atomic E-state index is 12.5. The van der Waals surface area contributed by atoms with Crippen molar-refractivity contribution in [3.63, 3.8) is 0 Å². The zero-order chi connectivity index (χ0) is 24.7. The van der Waals surface area contributed by atoms with E-state index in [1.54, 1.807) is 37.3 Å². The molecule has 0 aliphatic heterocycles. The summed E-state index contributed by atoms with van der Waals surface area (Å²) in [7, 11) is -3.35. The molecule has 3 aromatic rings. The zero-order valence-corrected chi connectivity index (χ0v) is 19.9. The summed E-state index contributed by atoms with van der Waals surface area (Å²) in [6, 6.07) is 12.8. The summed E-state index contributed by atoms with van der Waals surface area (Å²) in [4.78, 5) is 12.5. The average molecular weight is 508 g/mol. The van der Waals surface area contributed by atoms with Crippen LogP contribution in [0.2, 0.25) is 5.02 Å². The van der Waals surface area contributed by atoms with Crippen LogP contribution in [0.15, 0.2) is 48.5 Å². The van der Waals surface area contributed by atoms with Gasteiger partial charge in [-0.2, -0.15) is 5.10 Å². The predicted molar refractivity (Wildman–Crippen MR) is 132 cm³/mol. The number of carbonyl (C=O) groups excluding carboxylic acids is 1. The maximum absolute atomic E-state index is 12.5. The summed E-state index contributed by atoms with van der Waals surface area (Å²) in [6.07, 6.45) is 0. The molecule has 34 heavy (non-hydrogen) atoms. The molecule has 0 aliphatic carbocycles. The van der Waals surface area contributed by atoms with Gasteiger partial charge in [-0.1, -0.05) is 48.0 Å². The molecule has 2 amide bonds. The number of nitrogens with zero attached hydrogens (tertiary/aromatic N) is 1. The number of nitrogens with two attached hydrogens (primary N) is 1. The summed E-state index contributed by atoms with van der Waals surface area (Å²) in [5, 5.41) is 24.9. The first-order valence-electron chi connectivity index (χ1n) is 10.3. The van der Waals surface area contributed by atoms with Gasteiger partial charge in [0.05, 0.1) is 18.4 Å². The fourth-order valence-electron chi connectivity index (χ4n) is 3.00. The zero-order valence-electron chi connectivity index (χ0n) is 18.3. The van der Waals surface area contributed by atoms with Crippen LogP contribution in [0.5, 0.6) is 0 Å². The van der Waals surface area contributed by atoms with Gasteiger partial charge < -0.3 is 21.5 Å². The number of carbonyl (C=O) groups is 1. The van der Waals surface area contributed by atoms with Gasteiger partial charge in [-0.15, -0.1) is 0 Å². The number of aliphatic hydroxyl groups is 1. The van der Waals surface area contributed by atoms with Gasteiger partial charge in [-0.05, 0) is 30.2 Å². The number of halogens is 1. The van der Waals surface area contributed by atoms with Gasteiger partial charge in [0.15, 0.2) is 5.82 Å². The lowest BCUT2D eigenvalue weighted by Crippen LogP contribution is -2.34. The van der Waals surface area contributed by atoms with Crippen LogP contribution in [0.3, 0.4) is 0 Å². The Balaban J connectivity index is 1.69. The molecule has 8 N–H and O–H groups in total. The Kier molecular flexibility index (Phi) is 8.34. The molecule has 13 heteroatoms. The van der Waals surface area contributed by atoms with Gasteiger partial charge in [0.1, 0.15) is 11.5 Å². The van der Waals surface area contributed by atoms with E-state index in [0.717, 1.165) is 5.56 Å². The predicted octanol–water partition coefficient (Wildman–Crippen LogP) is 2.68. The molecule has 0 fully saturated rings. The molecule has 1 unspecified atom stereocenters. The normalized spacial score (nSPS) is 12.2. The number of nitrogens with one attached hydrogen (secondary N) is 5. The van der Waals surface area contributed by atoms with Crippen molar-refractivity contribution in [3.05, 3.63) is 64.7 Å². The van der Waals surface area contributed by atoms with Crippen LogP contribution in [0.4, 0.5) is 27.8 Å². The van der Waals surface area contributed by atoms with Crippen LogP contribution in [-0.2, 0) is 16.6 Å². The van der Waals surface area contributed by atoms with Gasteiger partial charge >= 0.3 is 6.03 Å². The van der Waals surface area contributed by atoms with Crippen molar-refractivity contribution in [1.29, 1.82) is 0 Å². The molecule has 0 radical (unpaired) electrons. The summed E-state index contributed by atoms with van der Waals surface area (Å²) in [5.41, 5.74) is 8.16. The third-order valence-corrected chi connectivity index (χ3v) is 6.60. The lowest BCUT2D eigenvalue weighted by atomic mass is 10.1. The van der Waals surface area contributed by atoms with Gasteiger partial charge in [0, 0.05) is 17.3 Å². The van der Waals surface area contributed by atoms with Crippen molar-refractivity contribution in [2.75, 3.05) is 28.7 Å². The maximum Gasteiger partial charge on any atom is 0.321 e. The molecule has 3 rings (SSSR count). The molecule has 2 aromatic carbocycles. The molecule has 11 nitrogen and oxygen atoms in total. The van der Waals surface area contributed by atoms with Crippen molar-refractivity contribution >= 4 is 50.7 Å². The first-order valence-corrected chi connectivity index (χ1v) is 12.4. The van der Waals surface area contributed by atoms with Crippen LogP contribution in [-0.4, -0.2) is 42.1 Å². The molecule has 182 valence electrons. The van der Waals surface area contributed by atoms with E-state index in [2.05, 4.69) is 30.9 Å². The second kappa shape index (κ2) is 11.2. The molecule has 0 bridgehead atoms. The van der Waals surface area contributed by atoms with Gasteiger partial charge in [0.2, 0.25) is 10.0 Å². The Morgan fingerprint density at radius 3 is 2.62 bits per heavy atom. The van der Waals surface area contributed by atoms with Crippen LogP contribution >= 0.6 is 11.6 Å². The molecule has 1 heterocycles. The van der Waals surface area contributed by atoms with Crippen molar-refractivity contribution in [3.8, 4) is 0 Å². The number of rotatable bonds is 10. The number of urea groups is 1. The second-order valence-electron chi connectivity index (χ2n) is 7.26. The van der Waals surface area contributed by atoms with Gasteiger partial charge in [-0.25, -0.2) is 17.9 Å². The summed E-state index contributed by atoms with van der Waals surface area (Å²) >= 11 is 6.30. The number of aliphatic hydroxyl groups excluding tert-OH is 1. The fourth-order valence-corrected chi connectivity index (χ4v) is 3.82. The molecule has 1 aromatic heterocycles. The monoisotopic (exact) mass is 507 g/mol. The lowest BCUT2D eigenvalue weighted by Gasteiger charge is -2.17. The Bertz CT molecular complexity index is 1240. The van der Waals surface area contributed by atoms with E-state index in [0.29, 0.717) is 22.0 Å². The van der Waals surface area contributed by atoms with E-state index >= 15 is 0 Å². The van der Waals surface area contributed by atoms with E-state index in [-0.39, 0.29) is 30.5 Å². The summed E-state index contributed by atoms with van der Waals surface area (Å²) in [5.74, 6) is 0.279. The highest BCUT2D eigenvalue weighted by atomic mass is 35.5. The molecule has 0 spiro atoms. The molecule has 0 aliphatic rings. The first-order chi connectivity index (χ1) is 16.2. The minimum atomic E-state index is -3.35. The Morgan fingerprint density at radius 2 is 1.97 bits per heavy atom. The molecular weight excluding hydrogens is 482 g/mol. The van der Waals surface area contributed by atoms with Gasteiger partial charge in [0.25, 0.3) is 0 Å². The number of benzene rings is 2. The van der Waals surface area contributed by atoms with Crippen LogP contribution in [0.25, 0.3) is 0 Å². The number of hydrogen-bond donors (Lipinski definition) is 7. The van der Waals surface area contributed by atoms with E-state index in [4.69, 9.17) is 17.3 Å². The summed E-state index contributed by atoms with van der Waals surface area (Å²) < 4.78 is 25.8. The first kappa shape index (κ1) is 25.3. The van der Waals surface area contributed by atoms with E-state index in [1.165, 1.54) is 0 Å². The molecular formula is C21H26ClN7O4S. The number of H-pyrrole nitrogens is 1. The topological polar surface area (TPSA) is 174 Å². The summed E-state index contributed by atoms with van der Waals surface area (Å²) in [6.45, 7) is 1.32. The Labute approximate surface area is 202 Å². The van der Waals surface area contributed by atoms with Crippen molar-refractivity contribution in [2.24, 2.45) is 0 Å². The number of aromatic amines is 1. The number of amides is 2. The van der Waals surface area contributed by atoms with Crippen molar-refractivity contribution in [2.45, 2.75) is 19.5 Å². The largest absolute Gasteiger partial charge is 0.394 e. The Hall–Kier alpha value is -3.32. The van der Waals surface area contributed by atoms with Crippen molar-refractivity contribution in [1.82, 2.24) is 20.2 Å². The Morgan fingerprint density at radius 1 is 1.24 bits per heavy atom. The highest BCUT2D eigenvalue weighted by Crippen LogP contribution is 2.31. The minimum absolute atomic E-state index is 0.0300. The fraction of sp³-hybridized carbons (Fsp3) is 0.238. The highest BCUT2D eigenvalue weighted by Gasteiger charge is 2.18. The van der Waals surface area contributed by atoms with Crippen molar-refractivity contribution < 1.29 is 18.3 Å². The molecule has 1 atom stereocenters. The number of nitrogen functional groups attached to an aromatic ring is 1. The third-order valence-electron chi connectivity index (χ3n) is 4.90. The molecule has 0 saturated carbocycles. The quantitative estimate of drug-likeness (QED) is 0.221. The minimum Gasteiger partial charge on any atom is -0.394 e. The van der Waals surface area contributed by atoms with Crippen LogP contribution < -0.4 is 26.4 Å². The van der Waals surface area contributed by atoms with E-state index in [9.17, 15) is 18.3 Å².